The summed E-state index contributed by atoms with van der Waals surface area (Å²) in [6.45, 7) is 9.88. The fourth-order valence-corrected chi connectivity index (χ4v) is 2.36. The zero-order chi connectivity index (χ0) is 15.1. The van der Waals surface area contributed by atoms with Gasteiger partial charge >= 0.3 is 7.12 Å². The van der Waals surface area contributed by atoms with Crippen molar-refractivity contribution in [1.82, 2.24) is 0 Å². The maximum atomic E-state index is 9.17. The number of halogens is 1. The molecule has 0 amide bonds. The molecule has 1 heterocycles. The minimum Gasteiger partial charge on any atom is -0.399 e. The monoisotopic (exact) mass is 291 g/mol. The minimum absolute atomic E-state index is 0.235. The molecular weight excluding hydrogens is 272 g/mol. The lowest BCUT2D eigenvalue weighted by atomic mass is 9.73. The molecule has 1 aliphatic heterocycles. The Balaban J connectivity index is 2.44. The van der Waals surface area contributed by atoms with E-state index >= 15 is 0 Å². The number of nitrogens with zero attached hydrogens (tertiary/aromatic N) is 1. The van der Waals surface area contributed by atoms with E-state index in [1.807, 2.05) is 46.8 Å². The molecule has 0 N–H and O–H groups in total. The first kappa shape index (κ1) is 15.4. The summed E-state index contributed by atoms with van der Waals surface area (Å²) >= 11 is 6.09. The van der Waals surface area contributed by atoms with E-state index in [-0.39, 0.29) is 5.92 Å². The van der Waals surface area contributed by atoms with Crippen LogP contribution in [0, 0.1) is 11.3 Å². The molecule has 3 nitrogen and oxygen atoms in total. The second-order valence-electron chi connectivity index (χ2n) is 6.21. The summed E-state index contributed by atoms with van der Waals surface area (Å²) < 4.78 is 12.1. The van der Waals surface area contributed by atoms with E-state index in [4.69, 9.17) is 26.2 Å². The SMILES string of the molecule is CC(C#N)c1ccc(Cl)cc1B1OC(C)(C)C(C)(C)O1. The second kappa shape index (κ2) is 5.07. The molecule has 1 atom stereocenters. The number of hydrogen-bond acceptors (Lipinski definition) is 3. The van der Waals surface area contributed by atoms with E-state index in [0.29, 0.717) is 5.02 Å². The van der Waals surface area contributed by atoms with Crippen LogP contribution in [0.1, 0.15) is 46.1 Å². The van der Waals surface area contributed by atoms with Gasteiger partial charge in [0.15, 0.2) is 0 Å². The lowest BCUT2D eigenvalue weighted by Crippen LogP contribution is -2.41. The molecule has 0 radical (unpaired) electrons. The van der Waals surface area contributed by atoms with Gasteiger partial charge in [-0.3, -0.25) is 0 Å². The molecule has 1 aliphatic rings. The third-order valence-electron chi connectivity index (χ3n) is 4.22. The molecule has 0 aliphatic carbocycles. The highest BCUT2D eigenvalue weighted by molar-refractivity contribution is 6.63. The Hall–Kier alpha value is -1.02. The van der Waals surface area contributed by atoms with Crippen LogP contribution >= 0.6 is 11.6 Å². The van der Waals surface area contributed by atoms with Gasteiger partial charge in [0.1, 0.15) is 0 Å². The molecule has 1 aromatic rings. The van der Waals surface area contributed by atoms with Crippen LogP contribution in [0.15, 0.2) is 18.2 Å². The van der Waals surface area contributed by atoms with Crippen molar-refractivity contribution in [2.75, 3.05) is 0 Å². The predicted octanol–water partition coefficient (Wildman–Crippen LogP) is 3.27. The third-order valence-corrected chi connectivity index (χ3v) is 4.45. The molecule has 5 heteroatoms. The number of nitriles is 1. The molecule has 1 saturated heterocycles. The fourth-order valence-electron chi connectivity index (χ4n) is 2.18. The molecule has 1 aromatic carbocycles. The Morgan fingerprint density at radius 1 is 1.20 bits per heavy atom. The summed E-state index contributed by atoms with van der Waals surface area (Å²) in [5, 5.41) is 9.78. The Morgan fingerprint density at radius 3 is 2.25 bits per heavy atom. The molecule has 0 spiro atoms. The van der Waals surface area contributed by atoms with Crippen molar-refractivity contribution < 1.29 is 9.31 Å². The molecular formula is C15H19BClNO2. The van der Waals surface area contributed by atoms with Gasteiger partial charge in [-0.25, -0.2) is 0 Å². The van der Waals surface area contributed by atoms with Gasteiger partial charge in [-0.1, -0.05) is 17.7 Å². The van der Waals surface area contributed by atoms with Crippen molar-refractivity contribution >= 4 is 24.2 Å². The van der Waals surface area contributed by atoms with Gasteiger partial charge in [0.2, 0.25) is 0 Å². The third kappa shape index (κ3) is 2.58. The van der Waals surface area contributed by atoms with E-state index in [0.717, 1.165) is 11.0 Å². The highest BCUT2D eigenvalue weighted by atomic mass is 35.5. The first-order valence-corrected chi connectivity index (χ1v) is 7.10. The average molecular weight is 292 g/mol. The highest BCUT2D eigenvalue weighted by Crippen LogP contribution is 2.37. The van der Waals surface area contributed by atoms with Crippen molar-refractivity contribution in [3.63, 3.8) is 0 Å². The minimum atomic E-state index is -0.496. The zero-order valence-electron chi connectivity index (χ0n) is 12.5. The van der Waals surface area contributed by atoms with Gasteiger partial charge in [0.25, 0.3) is 0 Å². The number of rotatable bonds is 2. The summed E-state index contributed by atoms with van der Waals surface area (Å²) in [7, 11) is -0.496. The van der Waals surface area contributed by atoms with E-state index in [9.17, 15) is 0 Å². The largest absolute Gasteiger partial charge is 0.495 e. The molecule has 1 unspecified atom stereocenters. The number of hydrogen-bond donors (Lipinski definition) is 0. The maximum Gasteiger partial charge on any atom is 0.495 e. The van der Waals surface area contributed by atoms with Crippen LogP contribution in [0.2, 0.25) is 5.02 Å². The van der Waals surface area contributed by atoms with Gasteiger partial charge in [-0.15, -0.1) is 0 Å². The van der Waals surface area contributed by atoms with Crippen LogP contribution < -0.4 is 5.46 Å². The summed E-state index contributed by atoms with van der Waals surface area (Å²) in [5.74, 6) is -0.235. The topological polar surface area (TPSA) is 42.2 Å². The van der Waals surface area contributed by atoms with Crippen LogP contribution in [0.25, 0.3) is 0 Å². The smallest absolute Gasteiger partial charge is 0.399 e. The van der Waals surface area contributed by atoms with Crippen molar-refractivity contribution in [2.45, 2.75) is 51.7 Å². The zero-order valence-corrected chi connectivity index (χ0v) is 13.3. The van der Waals surface area contributed by atoms with Crippen molar-refractivity contribution in [3.05, 3.63) is 28.8 Å². The van der Waals surface area contributed by atoms with Gasteiger partial charge in [0.05, 0.1) is 23.2 Å². The van der Waals surface area contributed by atoms with Crippen molar-refractivity contribution in [2.24, 2.45) is 0 Å². The van der Waals surface area contributed by atoms with Gasteiger partial charge in [0, 0.05) is 5.02 Å². The first-order valence-electron chi connectivity index (χ1n) is 6.72. The Morgan fingerprint density at radius 2 is 1.75 bits per heavy atom. The summed E-state index contributed by atoms with van der Waals surface area (Å²) in [4.78, 5) is 0. The molecule has 0 bridgehead atoms. The first-order chi connectivity index (χ1) is 9.18. The molecule has 0 aromatic heterocycles. The normalized spacial score (nSPS) is 21.6. The van der Waals surface area contributed by atoms with Gasteiger partial charge in [-0.2, -0.15) is 5.26 Å². The Kier molecular flexibility index (Phi) is 3.90. The number of benzene rings is 1. The van der Waals surface area contributed by atoms with Crippen LogP contribution in [-0.4, -0.2) is 18.3 Å². The van der Waals surface area contributed by atoms with Crippen LogP contribution in [0.3, 0.4) is 0 Å². The van der Waals surface area contributed by atoms with Crippen LogP contribution in [0.4, 0.5) is 0 Å². The molecule has 20 heavy (non-hydrogen) atoms. The summed E-state index contributed by atoms with van der Waals surface area (Å²) in [5.41, 5.74) is 0.917. The fraction of sp³-hybridized carbons (Fsp3) is 0.533. The molecule has 106 valence electrons. The lowest BCUT2D eigenvalue weighted by molar-refractivity contribution is 0.00578. The van der Waals surface area contributed by atoms with E-state index in [1.165, 1.54) is 0 Å². The van der Waals surface area contributed by atoms with Crippen molar-refractivity contribution in [3.8, 4) is 6.07 Å². The van der Waals surface area contributed by atoms with Crippen molar-refractivity contribution in [1.29, 1.82) is 5.26 Å². The van der Waals surface area contributed by atoms with Gasteiger partial charge < -0.3 is 9.31 Å². The van der Waals surface area contributed by atoms with Crippen LogP contribution in [-0.2, 0) is 9.31 Å². The molecule has 1 fully saturated rings. The summed E-state index contributed by atoms with van der Waals surface area (Å²) in [6.07, 6.45) is 0. The van der Waals surface area contributed by atoms with E-state index in [2.05, 4.69) is 6.07 Å². The lowest BCUT2D eigenvalue weighted by Gasteiger charge is -2.32. The standard InChI is InChI=1S/C15H19BClNO2/c1-10(9-18)12-7-6-11(17)8-13(12)16-19-14(2,3)15(4,5)20-16/h6-8,10H,1-5H3. The van der Waals surface area contributed by atoms with Gasteiger partial charge in [-0.05, 0) is 57.8 Å². The molecule has 2 rings (SSSR count). The average Bonchev–Trinajstić information content (AvgIpc) is 2.57. The molecule has 0 saturated carbocycles. The van der Waals surface area contributed by atoms with E-state index < -0.39 is 18.3 Å². The Labute approximate surface area is 126 Å². The predicted molar refractivity (Wildman–Crippen MR) is 81.2 cm³/mol. The quantitative estimate of drug-likeness (QED) is 0.785. The highest BCUT2D eigenvalue weighted by Gasteiger charge is 2.52. The van der Waals surface area contributed by atoms with Crippen LogP contribution in [0.5, 0.6) is 0 Å². The second-order valence-corrected chi connectivity index (χ2v) is 6.65. The Bertz CT molecular complexity index is 549. The summed E-state index contributed by atoms with van der Waals surface area (Å²) in [6, 6.07) is 7.74. The van der Waals surface area contributed by atoms with E-state index in [1.54, 1.807) is 6.07 Å². The maximum absolute atomic E-state index is 9.17.